The molecule has 3 aromatic rings. The summed E-state index contributed by atoms with van der Waals surface area (Å²) < 4.78 is 5.20. The monoisotopic (exact) mass is 395 g/mol. The van der Waals surface area contributed by atoms with Gasteiger partial charge in [-0.2, -0.15) is 0 Å². The standard InChI is InChI=1S/C22H25N3O2S/c1-14(24-20(26)13-19(23)16-7-5-4-6-8-16)21-15(2)25-22(28-21)17-9-11-18(27-3)12-10-17/h4-12,14,19H,13,23H2,1-3H3,(H,24,26). The summed E-state index contributed by atoms with van der Waals surface area (Å²) in [5.41, 5.74) is 9.08. The van der Waals surface area contributed by atoms with Crippen LogP contribution in [0.1, 0.15) is 41.6 Å². The first-order valence-electron chi connectivity index (χ1n) is 9.19. The SMILES string of the molecule is COc1ccc(-c2nc(C)c(C(C)NC(=O)CC(N)c3ccccc3)s2)cc1. The van der Waals surface area contributed by atoms with Gasteiger partial charge in [-0.25, -0.2) is 4.98 Å². The Balaban J connectivity index is 1.66. The van der Waals surface area contributed by atoms with Crippen molar-refractivity contribution in [2.75, 3.05) is 7.11 Å². The number of nitrogens with two attached hydrogens (primary N) is 1. The maximum Gasteiger partial charge on any atom is 0.222 e. The number of hydrogen-bond acceptors (Lipinski definition) is 5. The second-order valence-electron chi connectivity index (χ2n) is 6.71. The van der Waals surface area contributed by atoms with Gasteiger partial charge in [0.2, 0.25) is 5.91 Å². The minimum Gasteiger partial charge on any atom is -0.497 e. The van der Waals surface area contributed by atoms with Crippen LogP contribution >= 0.6 is 11.3 Å². The minimum absolute atomic E-state index is 0.0670. The van der Waals surface area contributed by atoms with Crippen LogP contribution in [0.5, 0.6) is 5.75 Å². The Morgan fingerprint density at radius 1 is 1.18 bits per heavy atom. The molecule has 1 aromatic heterocycles. The van der Waals surface area contributed by atoms with Crippen LogP contribution in [0.25, 0.3) is 10.6 Å². The van der Waals surface area contributed by atoms with E-state index >= 15 is 0 Å². The summed E-state index contributed by atoms with van der Waals surface area (Å²) in [6, 6.07) is 17.0. The molecule has 28 heavy (non-hydrogen) atoms. The molecular formula is C22H25N3O2S. The molecule has 2 atom stereocenters. The van der Waals surface area contributed by atoms with Crippen molar-refractivity contribution in [2.45, 2.75) is 32.4 Å². The molecule has 0 saturated heterocycles. The quantitative estimate of drug-likeness (QED) is 0.622. The van der Waals surface area contributed by atoms with E-state index in [4.69, 9.17) is 10.5 Å². The first kappa shape index (κ1) is 20.0. The molecule has 0 spiro atoms. The van der Waals surface area contributed by atoms with Gasteiger partial charge in [-0.05, 0) is 43.7 Å². The normalized spacial score (nSPS) is 13.0. The molecule has 1 amide bonds. The fourth-order valence-electron chi connectivity index (χ4n) is 3.05. The van der Waals surface area contributed by atoms with Gasteiger partial charge in [-0.15, -0.1) is 11.3 Å². The molecule has 3 N–H and O–H groups in total. The van der Waals surface area contributed by atoms with Crippen molar-refractivity contribution in [2.24, 2.45) is 5.73 Å². The van der Waals surface area contributed by atoms with Crippen molar-refractivity contribution in [3.63, 3.8) is 0 Å². The molecule has 2 unspecified atom stereocenters. The van der Waals surface area contributed by atoms with Gasteiger partial charge in [0.15, 0.2) is 0 Å². The number of carbonyl (C=O) groups excluding carboxylic acids is 1. The molecular weight excluding hydrogens is 370 g/mol. The van der Waals surface area contributed by atoms with Crippen LogP contribution in [-0.4, -0.2) is 18.0 Å². The number of nitrogens with zero attached hydrogens (tertiary/aromatic N) is 1. The number of aryl methyl sites for hydroxylation is 1. The summed E-state index contributed by atoms with van der Waals surface area (Å²) in [7, 11) is 1.65. The van der Waals surface area contributed by atoms with Gasteiger partial charge in [0, 0.05) is 18.0 Å². The number of benzene rings is 2. The summed E-state index contributed by atoms with van der Waals surface area (Å²) in [5.74, 6) is 0.746. The highest BCUT2D eigenvalue weighted by Crippen LogP contribution is 2.32. The third-order valence-corrected chi connectivity index (χ3v) is 5.96. The molecule has 146 valence electrons. The molecule has 0 aliphatic rings. The Morgan fingerprint density at radius 2 is 1.86 bits per heavy atom. The summed E-state index contributed by atoms with van der Waals surface area (Å²) in [5, 5.41) is 3.98. The maximum atomic E-state index is 12.4. The predicted molar refractivity (Wildman–Crippen MR) is 113 cm³/mol. The highest BCUT2D eigenvalue weighted by atomic mass is 32.1. The Hall–Kier alpha value is -2.70. The van der Waals surface area contributed by atoms with Crippen LogP contribution in [0.15, 0.2) is 54.6 Å². The van der Waals surface area contributed by atoms with Crippen molar-refractivity contribution in [3.8, 4) is 16.3 Å². The Labute approximate surface area is 169 Å². The summed E-state index contributed by atoms with van der Waals surface area (Å²) in [6.07, 6.45) is 0.248. The summed E-state index contributed by atoms with van der Waals surface area (Å²) in [4.78, 5) is 18.2. The van der Waals surface area contributed by atoms with Gasteiger partial charge in [0.05, 0.1) is 23.7 Å². The Bertz CT molecular complexity index is 923. The molecule has 1 heterocycles. The van der Waals surface area contributed by atoms with Gasteiger partial charge in [0.25, 0.3) is 0 Å². The summed E-state index contributed by atoms with van der Waals surface area (Å²) >= 11 is 1.59. The number of methoxy groups -OCH3 is 1. The number of ether oxygens (including phenoxy) is 1. The second kappa shape index (κ2) is 8.99. The lowest BCUT2D eigenvalue weighted by molar-refractivity contribution is -0.122. The zero-order chi connectivity index (χ0) is 20.1. The van der Waals surface area contributed by atoms with Gasteiger partial charge >= 0.3 is 0 Å². The number of carbonyl (C=O) groups is 1. The molecule has 6 heteroatoms. The van der Waals surface area contributed by atoms with Gasteiger partial charge in [-0.3, -0.25) is 4.79 Å². The van der Waals surface area contributed by atoms with E-state index in [0.29, 0.717) is 0 Å². The predicted octanol–water partition coefficient (Wildman–Crippen LogP) is 4.39. The van der Waals surface area contributed by atoms with Crippen LogP contribution in [-0.2, 0) is 4.79 Å². The number of amides is 1. The number of nitrogens with one attached hydrogen (secondary N) is 1. The van der Waals surface area contributed by atoms with E-state index in [9.17, 15) is 4.79 Å². The van der Waals surface area contributed by atoms with Crippen molar-refractivity contribution < 1.29 is 9.53 Å². The molecule has 2 aromatic carbocycles. The lowest BCUT2D eigenvalue weighted by Gasteiger charge is -2.16. The third-order valence-electron chi connectivity index (χ3n) is 4.57. The van der Waals surface area contributed by atoms with Crippen LogP contribution < -0.4 is 15.8 Å². The number of aromatic nitrogens is 1. The van der Waals surface area contributed by atoms with Gasteiger partial charge in [-0.1, -0.05) is 30.3 Å². The largest absolute Gasteiger partial charge is 0.497 e. The molecule has 0 radical (unpaired) electrons. The Kier molecular flexibility index (Phi) is 6.44. The first-order chi connectivity index (χ1) is 13.5. The van der Waals surface area contributed by atoms with E-state index in [1.807, 2.05) is 68.4 Å². The van der Waals surface area contributed by atoms with E-state index in [1.54, 1.807) is 18.4 Å². The van der Waals surface area contributed by atoms with E-state index in [1.165, 1.54) is 0 Å². The molecule has 0 saturated carbocycles. The highest BCUT2D eigenvalue weighted by Gasteiger charge is 2.19. The minimum atomic E-state index is -0.314. The molecule has 0 fully saturated rings. The van der Waals surface area contributed by atoms with Crippen molar-refractivity contribution >= 4 is 17.2 Å². The van der Waals surface area contributed by atoms with E-state index in [0.717, 1.165) is 32.5 Å². The third kappa shape index (κ3) is 4.77. The average Bonchev–Trinajstić information content (AvgIpc) is 3.10. The number of rotatable bonds is 7. The second-order valence-corrected chi connectivity index (χ2v) is 7.74. The molecule has 0 bridgehead atoms. The zero-order valence-electron chi connectivity index (χ0n) is 16.3. The average molecular weight is 396 g/mol. The van der Waals surface area contributed by atoms with Gasteiger partial charge < -0.3 is 15.8 Å². The van der Waals surface area contributed by atoms with Crippen molar-refractivity contribution in [1.82, 2.24) is 10.3 Å². The van der Waals surface area contributed by atoms with Crippen LogP contribution in [0.3, 0.4) is 0 Å². The lowest BCUT2D eigenvalue weighted by atomic mass is 10.0. The van der Waals surface area contributed by atoms with Crippen molar-refractivity contribution in [1.29, 1.82) is 0 Å². The number of hydrogen-bond donors (Lipinski definition) is 2. The fourth-order valence-corrected chi connectivity index (χ4v) is 4.12. The van der Waals surface area contributed by atoms with E-state index < -0.39 is 0 Å². The topological polar surface area (TPSA) is 77.2 Å². The lowest BCUT2D eigenvalue weighted by Crippen LogP contribution is -2.29. The Morgan fingerprint density at radius 3 is 2.50 bits per heavy atom. The molecule has 3 rings (SSSR count). The van der Waals surface area contributed by atoms with Crippen LogP contribution in [0.2, 0.25) is 0 Å². The zero-order valence-corrected chi connectivity index (χ0v) is 17.1. The van der Waals surface area contributed by atoms with Crippen LogP contribution in [0.4, 0.5) is 0 Å². The first-order valence-corrected chi connectivity index (χ1v) is 10.0. The molecule has 5 nitrogen and oxygen atoms in total. The van der Waals surface area contributed by atoms with E-state index in [2.05, 4.69) is 10.3 Å². The fraction of sp³-hybridized carbons (Fsp3) is 0.273. The maximum absolute atomic E-state index is 12.4. The number of thiazole rings is 1. The molecule has 0 aliphatic heterocycles. The van der Waals surface area contributed by atoms with Gasteiger partial charge in [0.1, 0.15) is 10.8 Å². The van der Waals surface area contributed by atoms with E-state index in [-0.39, 0.29) is 24.4 Å². The van der Waals surface area contributed by atoms with Crippen LogP contribution in [0, 0.1) is 6.92 Å². The van der Waals surface area contributed by atoms with Crippen molar-refractivity contribution in [3.05, 3.63) is 70.7 Å². The summed E-state index contributed by atoms with van der Waals surface area (Å²) in [6.45, 7) is 3.95. The molecule has 0 aliphatic carbocycles. The highest BCUT2D eigenvalue weighted by molar-refractivity contribution is 7.15. The smallest absolute Gasteiger partial charge is 0.222 e.